The van der Waals surface area contributed by atoms with Gasteiger partial charge in [-0.1, -0.05) is 31.0 Å². The van der Waals surface area contributed by atoms with Crippen molar-refractivity contribution in [3.8, 4) is 0 Å². The van der Waals surface area contributed by atoms with Gasteiger partial charge in [0.15, 0.2) is 0 Å². The average molecular weight is 187 g/mol. The first-order valence-corrected chi connectivity index (χ1v) is 4.55. The van der Waals surface area contributed by atoms with Crippen molar-refractivity contribution in [3.05, 3.63) is 34.6 Å². The van der Waals surface area contributed by atoms with Crippen LogP contribution in [0.2, 0.25) is 5.02 Å². The summed E-state index contributed by atoms with van der Waals surface area (Å²) in [4.78, 5) is 0. The lowest BCUT2D eigenvalue weighted by Crippen LogP contribution is -1.86. The smallest absolute Gasteiger partial charge is 0.142 e. The van der Waals surface area contributed by atoms with Crippen molar-refractivity contribution in [2.75, 3.05) is 0 Å². The summed E-state index contributed by atoms with van der Waals surface area (Å²) in [6.07, 6.45) is 3.16. The highest BCUT2D eigenvalue weighted by atomic mass is 35.5. The third kappa shape index (κ3) is 2.49. The van der Waals surface area contributed by atoms with Crippen LogP contribution < -0.4 is 0 Å². The largest absolute Gasteiger partial charge is 0.205 e. The molecule has 1 aromatic rings. The van der Waals surface area contributed by atoms with E-state index in [0.717, 1.165) is 24.8 Å². The number of rotatable bonds is 3. The van der Waals surface area contributed by atoms with E-state index in [0.29, 0.717) is 0 Å². The fourth-order valence-electron chi connectivity index (χ4n) is 1.08. The van der Waals surface area contributed by atoms with Crippen molar-refractivity contribution in [1.29, 1.82) is 0 Å². The molecule has 0 amide bonds. The number of benzene rings is 1. The van der Waals surface area contributed by atoms with Crippen LogP contribution >= 0.6 is 11.6 Å². The molecule has 0 spiro atoms. The van der Waals surface area contributed by atoms with E-state index in [-0.39, 0.29) is 10.8 Å². The lowest BCUT2D eigenvalue weighted by Gasteiger charge is -2.00. The Balaban J connectivity index is 2.69. The number of halogens is 2. The van der Waals surface area contributed by atoms with Gasteiger partial charge < -0.3 is 0 Å². The van der Waals surface area contributed by atoms with Gasteiger partial charge in [0.05, 0.1) is 5.02 Å². The van der Waals surface area contributed by atoms with Gasteiger partial charge in [0.1, 0.15) is 5.82 Å². The van der Waals surface area contributed by atoms with Gasteiger partial charge in [0, 0.05) is 0 Å². The van der Waals surface area contributed by atoms with E-state index in [9.17, 15) is 4.39 Å². The fraction of sp³-hybridized carbons (Fsp3) is 0.400. The Bertz CT molecular complexity index is 258. The van der Waals surface area contributed by atoms with Crippen molar-refractivity contribution >= 4 is 11.6 Å². The van der Waals surface area contributed by atoms with Gasteiger partial charge in [0.2, 0.25) is 0 Å². The van der Waals surface area contributed by atoms with Crippen LogP contribution in [0.4, 0.5) is 4.39 Å². The maximum Gasteiger partial charge on any atom is 0.142 e. The molecule has 1 aromatic carbocycles. The summed E-state index contributed by atoms with van der Waals surface area (Å²) in [6.45, 7) is 2.12. The summed E-state index contributed by atoms with van der Waals surface area (Å²) in [6, 6.07) is 5.00. The Labute approximate surface area is 77.4 Å². The lowest BCUT2D eigenvalue weighted by atomic mass is 10.1. The number of hydrogen-bond donors (Lipinski definition) is 0. The van der Waals surface area contributed by atoms with E-state index >= 15 is 0 Å². The van der Waals surface area contributed by atoms with Gasteiger partial charge in [-0.15, -0.1) is 0 Å². The highest BCUT2D eigenvalue weighted by Gasteiger charge is 1.99. The monoisotopic (exact) mass is 186 g/mol. The second-order valence-corrected chi connectivity index (χ2v) is 3.26. The van der Waals surface area contributed by atoms with Crippen LogP contribution in [0, 0.1) is 5.82 Å². The summed E-state index contributed by atoms with van der Waals surface area (Å²) < 4.78 is 12.9. The quantitative estimate of drug-likeness (QED) is 0.673. The molecule has 0 bridgehead atoms. The maximum atomic E-state index is 12.9. The number of aryl methyl sites for hydroxylation is 1. The highest BCUT2D eigenvalue weighted by molar-refractivity contribution is 6.30. The summed E-state index contributed by atoms with van der Waals surface area (Å²) >= 11 is 5.54. The first-order valence-electron chi connectivity index (χ1n) is 4.18. The minimum Gasteiger partial charge on any atom is -0.205 e. The van der Waals surface area contributed by atoms with Crippen molar-refractivity contribution in [3.63, 3.8) is 0 Å². The molecule has 0 aliphatic carbocycles. The van der Waals surface area contributed by atoms with E-state index in [1.807, 2.05) is 6.07 Å². The Morgan fingerprint density at radius 2 is 2.17 bits per heavy atom. The summed E-state index contributed by atoms with van der Waals surface area (Å²) in [5.74, 6) is -0.315. The SMILES string of the molecule is CCCCc1ccc(Cl)c(F)c1. The van der Waals surface area contributed by atoms with Crippen LogP contribution in [0.15, 0.2) is 18.2 Å². The molecule has 0 saturated heterocycles. The molecule has 1 rings (SSSR count). The van der Waals surface area contributed by atoms with E-state index in [1.54, 1.807) is 6.07 Å². The Hall–Kier alpha value is -0.560. The molecule has 0 N–H and O–H groups in total. The molecule has 0 radical (unpaired) electrons. The van der Waals surface area contributed by atoms with Gasteiger partial charge in [-0.2, -0.15) is 0 Å². The Kier molecular flexibility index (Phi) is 3.54. The third-order valence-corrected chi connectivity index (χ3v) is 2.11. The first-order chi connectivity index (χ1) is 5.74. The van der Waals surface area contributed by atoms with Gasteiger partial charge in [0.25, 0.3) is 0 Å². The van der Waals surface area contributed by atoms with Crippen molar-refractivity contribution in [1.82, 2.24) is 0 Å². The van der Waals surface area contributed by atoms with Gasteiger partial charge in [-0.05, 0) is 30.5 Å². The molecule has 0 heterocycles. The molecule has 0 aliphatic rings. The molecular formula is C10H12ClF. The zero-order valence-corrected chi connectivity index (χ0v) is 7.87. The van der Waals surface area contributed by atoms with Crippen LogP contribution in [0.25, 0.3) is 0 Å². The van der Waals surface area contributed by atoms with E-state index in [1.165, 1.54) is 6.07 Å². The fourth-order valence-corrected chi connectivity index (χ4v) is 1.19. The molecule has 0 saturated carbocycles. The summed E-state index contributed by atoms with van der Waals surface area (Å²) in [5.41, 5.74) is 1.03. The standard InChI is InChI=1S/C10H12ClF/c1-2-3-4-8-5-6-9(11)10(12)7-8/h5-7H,2-4H2,1H3. The molecule has 0 fully saturated rings. The minimum absolute atomic E-state index is 0.204. The molecule has 12 heavy (non-hydrogen) atoms. The third-order valence-electron chi connectivity index (χ3n) is 1.80. The molecule has 66 valence electrons. The molecular weight excluding hydrogens is 175 g/mol. The molecule has 0 aliphatic heterocycles. The molecule has 0 nitrogen and oxygen atoms in total. The van der Waals surface area contributed by atoms with Crippen LogP contribution in [-0.2, 0) is 6.42 Å². The summed E-state index contributed by atoms with van der Waals surface area (Å²) in [5, 5.41) is 0.204. The predicted octanol–water partition coefficient (Wildman–Crippen LogP) is 3.82. The minimum atomic E-state index is -0.315. The zero-order chi connectivity index (χ0) is 8.97. The van der Waals surface area contributed by atoms with Gasteiger partial charge >= 0.3 is 0 Å². The van der Waals surface area contributed by atoms with Crippen molar-refractivity contribution in [2.45, 2.75) is 26.2 Å². The van der Waals surface area contributed by atoms with E-state index in [2.05, 4.69) is 6.92 Å². The van der Waals surface area contributed by atoms with Crippen molar-refractivity contribution in [2.24, 2.45) is 0 Å². The van der Waals surface area contributed by atoms with Crippen LogP contribution in [-0.4, -0.2) is 0 Å². The zero-order valence-electron chi connectivity index (χ0n) is 7.11. The number of unbranched alkanes of at least 4 members (excludes halogenated alkanes) is 1. The first kappa shape index (κ1) is 9.53. The Morgan fingerprint density at radius 1 is 1.42 bits per heavy atom. The van der Waals surface area contributed by atoms with Gasteiger partial charge in [-0.25, -0.2) is 4.39 Å². The second kappa shape index (κ2) is 4.46. The number of hydrogen-bond acceptors (Lipinski definition) is 0. The predicted molar refractivity (Wildman–Crippen MR) is 50.0 cm³/mol. The van der Waals surface area contributed by atoms with E-state index in [4.69, 9.17) is 11.6 Å². The normalized spacial score (nSPS) is 10.2. The van der Waals surface area contributed by atoms with Crippen LogP contribution in [0.3, 0.4) is 0 Å². The topological polar surface area (TPSA) is 0 Å². The average Bonchev–Trinajstić information content (AvgIpc) is 2.07. The Morgan fingerprint density at radius 3 is 2.75 bits per heavy atom. The second-order valence-electron chi connectivity index (χ2n) is 2.85. The summed E-state index contributed by atoms with van der Waals surface area (Å²) in [7, 11) is 0. The molecule has 2 heteroatoms. The highest BCUT2D eigenvalue weighted by Crippen LogP contribution is 2.16. The lowest BCUT2D eigenvalue weighted by molar-refractivity contribution is 0.624. The van der Waals surface area contributed by atoms with Crippen LogP contribution in [0.5, 0.6) is 0 Å². The molecule has 0 atom stereocenters. The molecule has 0 unspecified atom stereocenters. The maximum absolute atomic E-state index is 12.9. The van der Waals surface area contributed by atoms with Crippen LogP contribution in [0.1, 0.15) is 25.3 Å². The van der Waals surface area contributed by atoms with Gasteiger partial charge in [-0.3, -0.25) is 0 Å². The van der Waals surface area contributed by atoms with Crippen molar-refractivity contribution < 1.29 is 4.39 Å². The molecule has 0 aromatic heterocycles. The van der Waals surface area contributed by atoms with E-state index < -0.39 is 0 Å².